The van der Waals surface area contributed by atoms with Crippen molar-refractivity contribution in [3.05, 3.63) is 66.4 Å². The summed E-state index contributed by atoms with van der Waals surface area (Å²) in [5.74, 6) is -0.604. The van der Waals surface area contributed by atoms with Crippen LogP contribution in [-0.2, 0) is 9.59 Å². The number of para-hydroxylation sites is 1. The number of aryl methyl sites for hydroxylation is 1. The second kappa shape index (κ2) is 7.80. The lowest BCUT2D eigenvalue weighted by molar-refractivity contribution is -0.136. The molecule has 1 aromatic heterocycles. The van der Waals surface area contributed by atoms with Crippen molar-refractivity contribution in [2.45, 2.75) is 27.7 Å². The van der Waals surface area contributed by atoms with E-state index in [2.05, 4.69) is 10.3 Å². The zero-order valence-corrected chi connectivity index (χ0v) is 16.7. The number of anilines is 2. The van der Waals surface area contributed by atoms with E-state index in [0.717, 1.165) is 16.6 Å². The van der Waals surface area contributed by atoms with E-state index in [1.807, 2.05) is 62.4 Å². The molecule has 0 bridgehead atoms. The largest absolute Gasteiger partial charge is 0.323 e. The molecule has 2 amide bonds. The molecule has 0 aliphatic carbocycles. The average Bonchev–Trinajstić information content (AvgIpc) is 2.68. The predicted octanol–water partition coefficient (Wildman–Crippen LogP) is 4.56. The zero-order chi connectivity index (χ0) is 20.3. The third-order valence-corrected chi connectivity index (χ3v) is 4.86. The highest BCUT2D eigenvalue weighted by Gasteiger charge is 2.39. The summed E-state index contributed by atoms with van der Waals surface area (Å²) in [6.07, 6.45) is 1.69. The van der Waals surface area contributed by atoms with Gasteiger partial charge in [0.25, 0.3) is 0 Å². The average molecular weight is 375 g/mol. The Morgan fingerprint density at radius 1 is 1.07 bits per heavy atom. The van der Waals surface area contributed by atoms with Gasteiger partial charge >= 0.3 is 0 Å². The number of fused-ring (bicyclic) bond motifs is 1. The molecule has 0 spiro atoms. The lowest BCUT2D eigenvalue weighted by atomic mass is 9.89. The zero-order valence-electron chi connectivity index (χ0n) is 16.7. The number of nitrogens with zero attached hydrogens (tertiary/aromatic N) is 2. The lowest BCUT2D eigenvalue weighted by Crippen LogP contribution is -2.47. The minimum Gasteiger partial charge on any atom is -0.323 e. The summed E-state index contributed by atoms with van der Waals surface area (Å²) < 4.78 is 0. The second-order valence-corrected chi connectivity index (χ2v) is 7.35. The number of carbonyl (C=O) groups excluding carboxylic acids is 2. The van der Waals surface area contributed by atoms with Gasteiger partial charge in [-0.05, 0) is 57.5 Å². The van der Waals surface area contributed by atoms with E-state index in [4.69, 9.17) is 0 Å². The highest BCUT2D eigenvalue weighted by Crippen LogP contribution is 2.28. The fourth-order valence-electron chi connectivity index (χ4n) is 3.16. The van der Waals surface area contributed by atoms with Gasteiger partial charge in [-0.15, -0.1) is 0 Å². The fourth-order valence-corrected chi connectivity index (χ4v) is 3.16. The molecule has 0 unspecified atom stereocenters. The third-order valence-electron chi connectivity index (χ3n) is 4.86. The summed E-state index contributed by atoms with van der Waals surface area (Å²) >= 11 is 0. The number of hydrogen-bond donors (Lipinski definition) is 1. The van der Waals surface area contributed by atoms with Gasteiger partial charge in [-0.3, -0.25) is 14.6 Å². The number of benzene rings is 2. The van der Waals surface area contributed by atoms with Crippen molar-refractivity contribution in [2.24, 2.45) is 5.41 Å². The lowest BCUT2D eigenvalue weighted by Gasteiger charge is -2.30. The summed E-state index contributed by atoms with van der Waals surface area (Å²) in [6.45, 7) is 7.67. The highest BCUT2D eigenvalue weighted by molar-refractivity contribution is 6.16. The van der Waals surface area contributed by atoms with E-state index in [1.54, 1.807) is 31.0 Å². The summed E-state index contributed by atoms with van der Waals surface area (Å²) in [5, 5.41) is 3.83. The van der Waals surface area contributed by atoms with E-state index in [1.165, 1.54) is 0 Å². The van der Waals surface area contributed by atoms with E-state index in [-0.39, 0.29) is 11.8 Å². The molecule has 1 heterocycles. The van der Waals surface area contributed by atoms with Gasteiger partial charge in [-0.25, -0.2) is 0 Å². The first kappa shape index (κ1) is 19.5. The first-order chi connectivity index (χ1) is 13.3. The Bertz CT molecular complexity index is 1020. The molecule has 1 N–H and O–H groups in total. The fraction of sp³-hybridized carbons (Fsp3) is 0.261. The Balaban J connectivity index is 1.88. The summed E-state index contributed by atoms with van der Waals surface area (Å²) in [7, 11) is 0. The topological polar surface area (TPSA) is 62.3 Å². The van der Waals surface area contributed by atoms with Crippen LogP contribution in [0.3, 0.4) is 0 Å². The number of rotatable bonds is 5. The Kier molecular flexibility index (Phi) is 5.45. The minimum absolute atomic E-state index is 0.244. The minimum atomic E-state index is -1.24. The monoisotopic (exact) mass is 375 g/mol. The van der Waals surface area contributed by atoms with Crippen molar-refractivity contribution in [3.63, 3.8) is 0 Å². The number of amides is 2. The van der Waals surface area contributed by atoms with Crippen LogP contribution in [0.25, 0.3) is 10.9 Å². The first-order valence-corrected chi connectivity index (χ1v) is 9.38. The molecule has 3 aromatic rings. The first-order valence-electron chi connectivity index (χ1n) is 9.38. The molecule has 0 saturated carbocycles. The van der Waals surface area contributed by atoms with Crippen LogP contribution in [0.4, 0.5) is 11.4 Å². The van der Waals surface area contributed by atoms with Crippen LogP contribution in [0.1, 0.15) is 26.3 Å². The van der Waals surface area contributed by atoms with Crippen LogP contribution in [0.15, 0.2) is 60.8 Å². The van der Waals surface area contributed by atoms with Crippen molar-refractivity contribution < 1.29 is 9.59 Å². The molecule has 28 heavy (non-hydrogen) atoms. The van der Waals surface area contributed by atoms with Gasteiger partial charge in [0.05, 0.1) is 11.2 Å². The molecule has 0 saturated heterocycles. The van der Waals surface area contributed by atoms with Crippen LogP contribution < -0.4 is 10.2 Å². The molecular weight excluding hydrogens is 350 g/mol. The molecule has 0 atom stereocenters. The quantitative estimate of drug-likeness (QED) is 0.665. The molecule has 0 radical (unpaired) electrons. The SMILES string of the molecule is CCN(C(=O)C(C)(C)C(=O)Nc1cccc2cccnc12)c1cccc(C)c1. The van der Waals surface area contributed by atoms with Gasteiger partial charge in [0.1, 0.15) is 5.41 Å². The standard InChI is InChI=1S/C23H25N3O2/c1-5-26(18-12-6-9-16(2)15-18)22(28)23(3,4)21(27)25-19-13-7-10-17-11-8-14-24-20(17)19/h6-15H,5H2,1-4H3,(H,25,27). The smallest absolute Gasteiger partial charge is 0.242 e. The van der Waals surface area contributed by atoms with Gasteiger partial charge in [0.2, 0.25) is 11.8 Å². The number of nitrogens with one attached hydrogen (secondary N) is 1. The van der Waals surface area contributed by atoms with Crippen LogP contribution in [0.5, 0.6) is 0 Å². The van der Waals surface area contributed by atoms with Crippen molar-refractivity contribution in [2.75, 3.05) is 16.8 Å². The molecule has 0 aliphatic rings. The van der Waals surface area contributed by atoms with E-state index in [0.29, 0.717) is 17.7 Å². The molecule has 3 rings (SSSR count). The molecule has 0 fully saturated rings. The maximum Gasteiger partial charge on any atom is 0.242 e. The number of hydrogen-bond acceptors (Lipinski definition) is 3. The number of pyridine rings is 1. The Labute approximate surface area is 165 Å². The van der Waals surface area contributed by atoms with Crippen molar-refractivity contribution in [1.29, 1.82) is 0 Å². The normalized spacial score (nSPS) is 11.3. The van der Waals surface area contributed by atoms with Gasteiger partial charge in [-0.1, -0.05) is 30.3 Å². The van der Waals surface area contributed by atoms with E-state index in [9.17, 15) is 9.59 Å². The maximum absolute atomic E-state index is 13.3. The van der Waals surface area contributed by atoms with E-state index < -0.39 is 5.41 Å². The van der Waals surface area contributed by atoms with Crippen molar-refractivity contribution in [3.8, 4) is 0 Å². The molecule has 2 aromatic carbocycles. The molecule has 0 aliphatic heterocycles. The Hall–Kier alpha value is -3.21. The maximum atomic E-state index is 13.3. The van der Waals surface area contributed by atoms with Gasteiger partial charge < -0.3 is 10.2 Å². The molecular formula is C23H25N3O2. The molecule has 5 nitrogen and oxygen atoms in total. The molecule has 144 valence electrons. The van der Waals surface area contributed by atoms with Crippen LogP contribution in [0.2, 0.25) is 0 Å². The molecule has 5 heteroatoms. The van der Waals surface area contributed by atoms with Crippen LogP contribution >= 0.6 is 0 Å². The van der Waals surface area contributed by atoms with Gasteiger partial charge in [-0.2, -0.15) is 0 Å². The van der Waals surface area contributed by atoms with Gasteiger partial charge in [0.15, 0.2) is 0 Å². The predicted molar refractivity (Wildman–Crippen MR) is 113 cm³/mol. The van der Waals surface area contributed by atoms with E-state index >= 15 is 0 Å². The second-order valence-electron chi connectivity index (χ2n) is 7.35. The number of aromatic nitrogens is 1. The van der Waals surface area contributed by atoms with Gasteiger partial charge in [0, 0.05) is 23.8 Å². The Morgan fingerprint density at radius 3 is 2.50 bits per heavy atom. The van der Waals surface area contributed by atoms with Crippen LogP contribution in [0, 0.1) is 12.3 Å². The summed E-state index contributed by atoms with van der Waals surface area (Å²) in [5.41, 5.74) is 1.92. The number of carbonyl (C=O) groups is 2. The summed E-state index contributed by atoms with van der Waals surface area (Å²) in [6, 6.07) is 17.1. The van der Waals surface area contributed by atoms with Crippen molar-refractivity contribution >= 4 is 34.1 Å². The Morgan fingerprint density at radius 2 is 1.79 bits per heavy atom. The van der Waals surface area contributed by atoms with Crippen LogP contribution in [-0.4, -0.2) is 23.3 Å². The third kappa shape index (κ3) is 3.74. The summed E-state index contributed by atoms with van der Waals surface area (Å²) in [4.78, 5) is 32.3. The highest BCUT2D eigenvalue weighted by atomic mass is 16.2. The van der Waals surface area contributed by atoms with Crippen molar-refractivity contribution in [1.82, 2.24) is 4.98 Å².